The van der Waals surface area contributed by atoms with Gasteiger partial charge in [-0.1, -0.05) is 0 Å². The minimum atomic E-state index is 0.201. The number of hydrogen-bond acceptors (Lipinski definition) is 3. The van der Waals surface area contributed by atoms with Gasteiger partial charge in [0.25, 0.3) is 0 Å². The van der Waals surface area contributed by atoms with E-state index in [-0.39, 0.29) is 11.7 Å². The first-order valence-electron chi connectivity index (χ1n) is 5.48. The Morgan fingerprint density at radius 1 is 1.53 bits per heavy atom. The second kappa shape index (κ2) is 5.26. The minimum Gasteiger partial charge on any atom is -0.344 e. The van der Waals surface area contributed by atoms with Crippen LogP contribution >= 0.6 is 0 Å². The molecule has 1 saturated heterocycles. The van der Waals surface area contributed by atoms with E-state index >= 15 is 0 Å². The molecule has 0 aliphatic carbocycles. The predicted molar refractivity (Wildman–Crippen MR) is 58.6 cm³/mol. The van der Waals surface area contributed by atoms with E-state index < -0.39 is 0 Å². The summed E-state index contributed by atoms with van der Waals surface area (Å²) in [4.78, 5) is 26.4. The molecule has 0 radical (unpaired) electrons. The van der Waals surface area contributed by atoms with Crippen LogP contribution in [0.3, 0.4) is 0 Å². The van der Waals surface area contributed by atoms with Gasteiger partial charge in [-0.2, -0.15) is 0 Å². The van der Waals surface area contributed by atoms with Crippen LogP contribution in [0.15, 0.2) is 0 Å². The van der Waals surface area contributed by atoms with Crippen molar-refractivity contribution in [3.63, 3.8) is 0 Å². The zero-order valence-corrected chi connectivity index (χ0v) is 9.82. The molecule has 1 heterocycles. The molecule has 0 aromatic rings. The highest BCUT2D eigenvalue weighted by Gasteiger charge is 2.23. The number of carbonyl (C=O) groups excluding carboxylic acids is 2. The van der Waals surface area contributed by atoms with Crippen molar-refractivity contribution in [3.8, 4) is 0 Å². The van der Waals surface area contributed by atoms with Gasteiger partial charge < -0.3 is 4.90 Å². The fourth-order valence-corrected chi connectivity index (χ4v) is 1.90. The standard InChI is InChI=1S/C11H20N2O2/c1-9-8-12(3)11(15)5-7-13(9)6-4-10(2)14/h9H,4-8H2,1-3H3. The van der Waals surface area contributed by atoms with Crippen molar-refractivity contribution in [1.82, 2.24) is 9.80 Å². The number of amides is 1. The molecule has 4 nitrogen and oxygen atoms in total. The van der Waals surface area contributed by atoms with E-state index in [1.54, 1.807) is 11.8 Å². The lowest BCUT2D eigenvalue weighted by atomic mass is 10.2. The lowest BCUT2D eigenvalue weighted by Crippen LogP contribution is -2.39. The van der Waals surface area contributed by atoms with E-state index in [2.05, 4.69) is 11.8 Å². The maximum Gasteiger partial charge on any atom is 0.223 e. The smallest absolute Gasteiger partial charge is 0.223 e. The summed E-state index contributed by atoms with van der Waals surface area (Å²) in [6.45, 7) is 6.03. The highest BCUT2D eigenvalue weighted by atomic mass is 16.2. The van der Waals surface area contributed by atoms with Gasteiger partial charge in [0, 0.05) is 45.6 Å². The van der Waals surface area contributed by atoms with E-state index in [0.29, 0.717) is 18.9 Å². The Morgan fingerprint density at radius 2 is 2.20 bits per heavy atom. The molecule has 1 unspecified atom stereocenters. The number of hydrogen-bond donors (Lipinski definition) is 0. The second-order valence-electron chi connectivity index (χ2n) is 4.36. The van der Waals surface area contributed by atoms with Crippen LogP contribution in [0.4, 0.5) is 0 Å². The Morgan fingerprint density at radius 3 is 2.80 bits per heavy atom. The van der Waals surface area contributed by atoms with Crippen LogP contribution in [0.2, 0.25) is 0 Å². The molecular formula is C11H20N2O2. The van der Waals surface area contributed by atoms with Crippen molar-refractivity contribution >= 4 is 11.7 Å². The highest BCUT2D eigenvalue weighted by Crippen LogP contribution is 2.09. The quantitative estimate of drug-likeness (QED) is 0.684. The molecule has 0 bridgehead atoms. The molecule has 1 aliphatic heterocycles. The molecule has 1 fully saturated rings. The average molecular weight is 212 g/mol. The topological polar surface area (TPSA) is 40.6 Å². The molecule has 1 rings (SSSR count). The zero-order valence-electron chi connectivity index (χ0n) is 9.82. The van der Waals surface area contributed by atoms with E-state index in [9.17, 15) is 9.59 Å². The normalized spacial score (nSPS) is 24.1. The van der Waals surface area contributed by atoms with Crippen LogP contribution in [0, 0.1) is 0 Å². The van der Waals surface area contributed by atoms with Crippen LogP contribution in [-0.4, -0.2) is 54.2 Å². The Labute approximate surface area is 91.2 Å². The molecule has 1 atom stereocenters. The van der Waals surface area contributed by atoms with Crippen molar-refractivity contribution in [1.29, 1.82) is 0 Å². The Kier molecular flexibility index (Phi) is 4.27. The van der Waals surface area contributed by atoms with Gasteiger partial charge in [-0.05, 0) is 13.8 Å². The first-order chi connectivity index (χ1) is 7.00. The second-order valence-corrected chi connectivity index (χ2v) is 4.36. The zero-order chi connectivity index (χ0) is 11.4. The predicted octanol–water partition coefficient (Wildman–Crippen LogP) is 0.518. The van der Waals surface area contributed by atoms with E-state index in [0.717, 1.165) is 19.6 Å². The van der Waals surface area contributed by atoms with Crippen molar-refractivity contribution in [2.75, 3.05) is 26.7 Å². The third-order valence-corrected chi connectivity index (χ3v) is 2.95. The molecule has 0 saturated carbocycles. The maximum absolute atomic E-state index is 11.5. The summed E-state index contributed by atoms with van der Waals surface area (Å²) in [6, 6.07) is 0.348. The van der Waals surface area contributed by atoms with E-state index in [1.807, 2.05) is 7.05 Å². The fourth-order valence-electron chi connectivity index (χ4n) is 1.90. The summed E-state index contributed by atoms with van der Waals surface area (Å²) in [6.07, 6.45) is 1.15. The monoisotopic (exact) mass is 212 g/mol. The van der Waals surface area contributed by atoms with Gasteiger partial charge in [-0.15, -0.1) is 0 Å². The molecule has 0 aromatic heterocycles. The molecule has 86 valence electrons. The van der Waals surface area contributed by atoms with Crippen LogP contribution < -0.4 is 0 Å². The number of rotatable bonds is 3. The SMILES string of the molecule is CC(=O)CCN1CCC(=O)N(C)CC1C. The van der Waals surface area contributed by atoms with Gasteiger partial charge in [0.2, 0.25) is 5.91 Å². The summed E-state index contributed by atoms with van der Waals surface area (Å²) >= 11 is 0. The summed E-state index contributed by atoms with van der Waals surface area (Å²) in [5.74, 6) is 0.415. The fraction of sp³-hybridized carbons (Fsp3) is 0.818. The molecular weight excluding hydrogens is 192 g/mol. The van der Waals surface area contributed by atoms with Gasteiger partial charge in [-0.3, -0.25) is 14.5 Å². The Bertz CT molecular complexity index is 251. The third-order valence-electron chi connectivity index (χ3n) is 2.95. The van der Waals surface area contributed by atoms with Gasteiger partial charge in [0.05, 0.1) is 0 Å². The van der Waals surface area contributed by atoms with E-state index in [1.165, 1.54) is 0 Å². The molecule has 0 N–H and O–H groups in total. The Balaban J connectivity index is 2.50. The Hall–Kier alpha value is -0.900. The number of ketones is 1. The highest BCUT2D eigenvalue weighted by molar-refractivity contribution is 5.76. The maximum atomic E-state index is 11.5. The lowest BCUT2D eigenvalue weighted by molar-refractivity contribution is -0.129. The number of nitrogens with zero attached hydrogens (tertiary/aromatic N) is 2. The van der Waals surface area contributed by atoms with Gasteiger partial charge in [0.15, 0.2) is 0 Å². The molecule has 0 aromatic carbocycles. The summed E-state index contributed by atoms with van der Waals surface area (Å²) in [7, 11) is 1.84. The molecule has 15 heavy (non-hydrogen) atoms. The van der Waals surface area contributed by atoms with Crippen molar-refractivity contribution in [2.24, 2.45) is 0 Å². The van der Waals surface area contributed by atoms with Crippen LogP contribution in [0.5, 0.6) is 0 Å². The molecule has 4 heteroatoms. The van der Waals surface area contributed by atoms with E-state index in [4.69, 9.17) is 0 Å². The average Bonchev–Trinajstić information content (AvgIpc) is 2.26. The van der Waals surface area contributed by atoms with Crippen LogP contribution in [-0.2, 0) is 9.59 Å². The van der Waals surface area contributed by atoms with Crippen molar-refractivity contribution in [3.05, 3.63) is 0 Å². The first kappa shape index (κ1) is 12.2. The van der Waals surface area contributed by atoms with Crippen LogP contribution in [0.25, 0.3) is 0 Å². The number of carbonyl (C=O) groups is 2. The number of likely N-dealkylation sites (N-methyl/N-ethyl adjacent to an activating group) is 1. The molecule has 0 spiro atoms. The largest absolute Gasteiger partial charge is 0.344 e. The summed E-state index contributed by atoms with van der Waals surface area (Å²) < 4.78 is 0. The van der Waals surface area contributed by atoms with Crippen molar-refractivity contribution in [2.45, 2.75) is 32.7 Å². The van der Waals surface area contributed by atoms with Crippen molar-refractivity contribution < 1.29 is 9.59 Å². The summed E-state index contributed by atoms with van der Waals surface area (Å²) in [5.41, 5.74) is 0. The number of Topliss-reactive ketones (excluding diaryl/α,β-unsaturated/α-hetero) is 1. The van der Waals surface area contributed by atoms with Gasteiger partial charge in [-0.25, -0.2) is 0 Å². The molecule has 1 amide bonds. The third kappa shape index (κ3) is 3.63. The first-order valence-corrected chi connectivity index (χ1v) is 5.48. The van der Waals surface area contributed by atoms with Gasteiger partial charge >= 0.3 is 0 Å². The molecule has 1 aliphatic rings. The van der Waals surface area contributed by atoms with Gasteiger partial charge in [0.1, 0.15) is 5.78 Å². The minimum absolute atomic E-state index is 0.201. The summed E-state index contributed by atoms with van der Waals surface area (Å²) in [5, 5.41) is 0. The van der Waals surface area contributed by atoms with Crippen LogP contribution in [0.1, 0.15) is 26.7 Å². The lowest BCUT2D eigenvalue weighted by Gasteiger charge is -2.27.